The number of carbonyl (C=O) groups excluding carboxylic acids is 2. The highest BCUT2D eigenvalue weighted by molar-refractivity contribution is 5.85. The molecule has 0 saturated carbocycles. The predicted molar refractivity (Wildman–Crippen MR) is 76.3 cm³/mol. The number of nitrogens with two attached hydrogens (primary N) is 1. The molecule has 20 heavy (non-hydrogen) atoms. The van der Waals surface area contributed by atoms with Crippen LogP contribution in [0.3, 0.4) is 0 Å². The average molecular weight is 279 g/mol. The Labute approximate surface area is 118 Å². The van der Waals surface area contributed by atoms with Gasteiger partial charge in [-0.1, -0.05) is 12.1 Å². The Morgan fingerprint density at radius 2 is 2.00 bits per heavy atom. The lowest BCUT2D eigenvalue weighted by molar-refractivity contribution is -0.125. The van der Waals surface area contributed by atoms with Crippen LogP contribution in [0.15, 0.2) is 18.2 Å². The van der Waals surface area contributed by atoms with Crippen molar-refractivity contribution in [1.82, 2.24) is 10.6 Å². The highest BCUT2D eigenvalue weighted by Crippen LogP contribution is 2.20. The fourth-order valence-corrected chi connectivity index (χ4v) is 1.61. The van der Waals surface area contributed by atoms with E-state index in [9.17, 15) is 9.59 Å². The molecule has 0 atom stereocenters. The van der Waals surface area contributed by atoms with Crippen LogP contribution in [0.1, 0.15) is 18.1 Å². The summed E-state index contributed by atoms with van der Waals surface area (Å²) in [5.74, 6) is 0.138. The normalized spacial score (nSPS) is 9.95. The van der Waals surface area contributed by atoms with E-state index in [1.165, 1.54) is 0 Å². The summed E-state index contributed by atoms with van der Waals surface area (Å²) in [5.41, 5.74) is 7.13. The zero-order valence-electron chi connectivity index (χ0n) is 11.9. The van der Waals surface area contributed by atoms with Gasteiger partial charge >= 0.3 is 0 Å². The Morgan fingerprint density at radius 3 is 2.65 bits per heavy atom. The van der Waals surface area contributed by atoms with Crippen molar-refractivity contribution in [1.29, 1.82) is 0 Å². The monoisotopic (exact) mass is 279 g/mol. The summed E-state index contributed by atoms with van der Waals surface area (Å²) in [5, 5.41) is 5.13. The molecule has 0 aliphatic rings. The molecule has 0 spiro atoms. The van der Waals surface area contributed by atoms with E-state index in [2.05, 4.69) is 10.6 Å². The summed E-state index contributed by atoms with van der Waals surface area (Å²) in [7, 11) is 0. The third-order valence-electron chi connectivity index (χ3n) is 2.63. The van der Waals surface area contributed by atoms with Gasteiger partial charge in [-0.05, 0) is 25.5 Å². The average Bonchev–Trinajstić information content (AvgIpc) is 2.44. The molecule has 6 nitrogen and oxygen atoms in total. The van der Waals surface area contributed by atoms with Crippen LogP contribution >= 0.6 is 0 Å². The largest absolute Gasteiger partial charge is 0.494 e. The molecule has 1 aromatic rings. The number of hydrogen-bond acceptors (Lipinski definition) is 4. The molecule has 110 valence electrons. The Hall–Kier alpha value is -2.08. The first-order valence-corrected chi connectivity index (χ1v) is 6.52. The molecule has 6 heteroatoms. The van der Waals surface area contributed by atoms with Gasteiger partial charge in [-0.15, -0.1) is 0 Å². The molecule has 2 amide bonds. The van der Waals surface area contributed by atoms with Crippen molar-refractivity contribution in [3.63, 3.8) is 0 Å². The zero-order chi connectivity index (χ0) is 15.0. The summed E-state index contributed by atoms with van der Waals surface area (Å²) in [6.07, 6.45) is 0. The summed E-state index contributed by atoms with van der Waals surface area (Å²) in [6.45, 7) is 4.61. The number of carbonyl (C=O) groups is 2. The molecule has 0 radical (unpaired) electrons. The smallest absolute Gasteiger partial charge is 0.239 e. The SMILES string of the molecule is CCOc1cc(C)ccc1CNC(=O)CNC(=O)CN. The standard InChI is InChI=1S/C14H21N3O3/c1-3-20-12-6-10(2)4-5-11(12)8-16-14(19)9-17-13(18)7-15/h4-6H,3,7-9,15H2,1-2H3,(H,16,19)(H,17,18). The first-order valence-electron chi connectivity index (χ1n) is 6.52. The fourth-order valence-electron chi connectivity index (χ4n) is 1.61. The maximum Gasteiger partial charge on any atom is 0.239 e. The number of amides is 2. The highest BCUT2D eigenvalue weighted by Gasteiger charge is 2.07. The van der Waals surface area contributed by atoms with E-state index < -0.39 is 0 Å². The van der Waals surface area contributed by atoms with Gasteiger partial charge in [0.25, 0.3) is 0 Å². The van der Waals surface area contributed by atoms with Crippen molar-refractivity contribution in [3.05, 3.63) is 29.3 Å². The summed E-state index contributed by atoms with van der Waals surface area (Å²) < 4.78 is 5.53. The minimum atomic E-state index is -0.356. The van der Waals surface area contributed by atoms with Gasteiger partial charge in [0.1, 0.15) is 5.75 Å². The third kappa shape index (κ3) is 5.27. The Morgan fingerprint density at radius 1 is 1.25 bits per heavy atom. The van der Waals surface area contributed by atoms with Gasteiger partial charge in [0.05, 0.1) is 19.7 Å². The van der Waals surface area contributed by atoms with E-state index in [1.54, 1.807) is 0 Å². The van der Waals surface area contributed by atoms with Gasteiger partial charge in [0.15, 0.2) is 0 Å². The van der Waals surface area contributed by atoms with Gasteiger partial charge in [-0.25, -0.2) is 0 Å². The van der Waals surface area contributed by atoms with E-state index in [0.29, 0.717) is 13.2 Å². The number of hydrogen-bond donors (Lipinski definition) is 3. The second-order valence-corrected chi connectivity index (χ2v) is 4.30. The molecule has 0 fully saturated rings. The van der Waals surface area contributed by atoms with Crippen LogP contribution in [0.2, 0.25) is 0 Å². The molecule has 0 saturated heterocycles. The summed E-state index contributed by atoms with van der Waals surface area (Å²) >= 11 is 0. The van der Waals surface area contributed by atoms with Gasteiger partial charge in [0, 0.05) is 12.1 Å². The fraction of sp³-hybridized carbons (Fsp3) is 0.429. The molecular formula is C14H21N3O3. The maximum atomic E-state index is 11.6. The van der Waals surface area contributed by atoms with E-state index in [1.807, 2.05) is 32.0 Å². The Bertz CT molecular complexity index is 475. The first kappa shape index (κ1) is 16.0. The molecule has 1 aromatic carbocycles. The topological polar surface area (TPSA) is 93.5 Å². The second kappa shape index (κ2) is 8.16. The lowest BCUT2D eigenvalue weighted by atomic mass is 10.1. The summed E-state index contributed by atoms with van der Waals surface area (Å²) in [6, 6.07) is 5.81. The van der Waals surface area contributed by atoms with Crippen molar-refractivity contribution in [2.24, 2.45) is 5.73 Å². The molecule has 0 bridgehead atoms. The summed E-state index contributed by atoms with van der Waals surface area (Å²) in [4.78, 5) is 22.5. The van der Waals surface area contributed by atoms with Crippen LogP contribution in [0.25, 0.3) is 0 Å². The minimum Gasteiger partial charge on any atom is -0.494 e. The van der Waals surface area contributed by atoms with Crippen molar-refractivity contribution in [2.75, 3.05) is 19.7 Å². The maximum absolute atomic E-state index is 11.6. The van der Waals surface area contributed by atoms with E-state index in [4.69, 9.17) is 10.5 Å². The predicted octanol–water partition coefficient (Wildman–Crippen LogP) is 0.0848. The lowest BCUT2D eigenvalue weighted by Gasteiger charge is -2.12. The van der Waals surface area contributed by atoms with E-state index >= 15 is 0 Å². The second-order valence-electron chi connectivity index (χ2n) is 4.30. The van der Waals surface area contributed by atoms with Crippen LogP contribution in [0.5, 0.6) is 5.75 Å². The van der Waals surface area contributed by atoms with Crippen LogP contribution in [0, 0.1) is 6.92 Å². The van der Waals surface area contributed by atoms with Gasteiger partial charge in [0.2, 0.25) is 11.8 Å². The number of aryl methyl sites for hydroxylation is 1. The van der Waals surface area contributed by atoms with Crippen molar-refractivity contribution >= 4 is 11.8 Å². The van der Waals surface area contributed by atoms with Crippen molar-refractivity contribution < 1.29 is 14.3 Å². The molecule has 0 aliphatic carbocycles. The molecule has 1 rings (SSSR count). The van der Waals surface area contributed by atoms with Gasteiger partial charge in [-0.2, -0.15) is 0 Å². The molecule has 0 heterocycles. The highest BCUT2D eigenvalue weighted by atomic mass is 16.5. The van der Waals surface area contributed by atoms with Crippen molar-refractivity contribution in [2.45, 2.75) is 20.4 Å². The lowest BCUT2D eigenvalue weighted by Crippen LogP contribution is -2.39. The minimum absolute atomic E-state index is 0.0775. The number of benzene rings is 1. The molecule has 4 N–H and O–H groups in total. The van der Waals surface area contributed by atoms with Crippen LogP contribution in [0.4, 0.5) is 0 Å². The molecule has 0 aromatic heterocycles. The third-order valence-corrected chi connectivity index (χ3v) is 2.63. The molecule has 0 unspecified atom stereocenters. The van der Waals surface area contributed by atoms with Crippen LogP contribution < -0.4 is 21.1 Å². The van der Waals surface area contributed by atoms with Gasteiger partial charge < -0.3 is 21.1 Å². The van der Waals surface area contributed by atoms with E-state index in [-0.39, 0.29) is 24.9 Å². The Balaban J connectivity index is 2.52. The first-order chi connectivity index (χ1) is 9.56. The quantitative estimate of drug-likeness (QED) is 0.659. The Kier molecular flexibility index (Phi) is 6.52. The van der Waals surface area contributed by atoms with E-state index in [0.717, 1.165) is 16.9 Å². The number of ether oxygens (including phenoxy) is 1. The molecular weight excluding hydrogens is 258 g/mol. The number of nitrogens with one attached hydrogen (secondary N) is 2. The van der Waals surface area contributed by atoms with Crippen LogP contribution in [-0.4, -0.2) is 31.5 Å². The number of rotatable bonds is 7. The van der Waals surface area contributed by atoms with Gasteiger partial charge in [-0.3, -0.25) is 9.59 Å². The van der Waals surface area contributed by atoms with Crippen LogP contribution in [-0.2, 0) is 16.1 Å². The zero-order valence-corrected chi connectivity index (χ0v) is 11.9. The van der Waals surface area contributed by atoms with Crippen molar-refractivity contribution in [3.8, 4) is 5.75 Å². The molecule has 0 aliphatic heterocycles.